The van der Waals surface area contributed by atoms with E-state index in [-0.39, 0.29) is 6.04 Å². The van der Waals surface area contributed by atoms with Crippen molar-refractivity contribution in [1.82, 2.24) is 19.9 Å². The van der Waals surface area contributed by atoms with Gasteiger partial charge >= 0.3 is 0 Å². The summed E-state index contributed by atoms with van der Waals surface area (Å²) in [5.41, 5.74) is -0.256. The van der Waals surface area contributed by atoms with E-state index in [0.29, 0.717) is 18.8 Å². The van der Waals surface area contributed by atoms with Gasteiger partial charge in [-0.1, -0.05) is 5.21 Å². The Kier molecular flexibility index (Phi) is 4.06. The number of piperidine rings is 1. The van der Waals surface area contributed by atoms with Gasteiger partial charge in [-0.05, 0) is 52.3 Å². The first kappa shape index (κ1) is 15.2. The van der Waals surface area contributed by atoms with Gasteiger partial charge < -0.3 is 9.52 Å². The van der Waals surface area contributed by atoms with E-state index >= 15 is 0 Å². The smallest absolute Gasteiger partial charge is 0.123 e. The predicted molar refractivity (Wildman–Crippen MR) is 82.3 cm³/mol. The number of likely N-dealkylation sites (tertiary alicyclic amines) is 1. The topological polar surface area (TPSA) is 67.3 Å². The average Bonchev–Trinajstić information content (AvgIpc) is 3.08. The Morgan fingerprint density at radius 1 is 1.41 bits per heavy atom. The summed E-state index contributed by atoms with van der Waals surface area (Å²) in [7, 11) is 0. The minimum atomic E-state index is -0.924. The van der Waals surface area contributed by atoms with Crippen LogP contribution in [0.3, 0.4) is 0 Å². The lowest BCUT2D eigenvalue weighted by Gasteiger charge is -2.37. The lowest BCUT2D eigenvalue weighted by Crippen LogP contribution is -2.45. The second kappa shape index (κ2) is 5.85. The Hall–Kier alpha value is -1.66. The molecule has 0 saturated carbocycles. The summed E-state index contributed by atoms with van der Waals surface area (Å²) < 4.78 is 7.43. The number of nitrogens with zero attached hydrogens (tertiary/aromatic N) is 4. The lowest BCUT2D eigenvalue weighted by atomic mass is 9.90. The molecule has 0 unspecified atom stereocenters. The van der Waals surface area contributed by atoms with Crippen molar-refractivity contribution in [3.8, 4) is 0 Å². The Morgan fingerprint density at radius 3 is 2.86 bits per heavy atom. The van der Waals surface area contributed by atoms with Crippen LogP contribution in [0.25, 0.3) is 0 Å². The second-order valence-electron chi connectivity index (χ2n) is 6.54. The van der Waals surface area contributed by atoms with Crippen molar-refractivity contribution >= 4 is 0 Å². The Morgan fingerprint density at radius 2 is 2.23 bits per heavy atom. The summed E-state index contributed by atoms with van der Waals surface area (Å²) in [4.78, 5) is 2.22. The second-order valence-corrected chi connectivity index (χ2v) is 6.54. The third-order valence-corrected chi connectivity index (χ3v) is 4.24. The largest absolute Gasteiger partial charge is 0.465 e. The van der Waals surface area contributed by atoms with Crippen molar-refractivity contribution in [3.05, 3.63) is 35.5 Å². The van der Waals surface area contributed by atoms with E-state index in [2.05, 4.69) is 29.1 Å². The van der Waals surface area contributed by atoms with Crippen LogP contribution in [0.1, 0.15) is 49.9 Å². The maximum atomic E-state index is 11.0. The summed E-state index contributed by atoms with van der Waals surface area (Å²) >= 11 is 0. The molecule has 1 aliphatic heterocycles. The van der Waals surface area contributed by atoms with Crippen molar-refractivity contribution in [1.29, 1.82) is 0 Å². The van der Waals surface area contributed by atoms with Crippen LogP contribution in [0.5, 0.6) is 0 Å². The van der Waals surface area contributed by atoms with Crippen LogP contribution in [0, 0.1) is 6.92 Å². The molecule has 1 aliphatic rings. The molecule has 0 bridgehead atoms. The van der Waals surface area contributed by atoms with Crippen LogP contribution in [0.15, 0.2) is 22.7 Å². The van der Waals surface area contributed by atoms with Gasteiger partial charge in [0, 0.05) is 12.6 Å². The molecule has 3 heterocycles. The first-order valence-electron chi connectivity index (χ1n) is 7.89. The standard InChI is InChI=1S/C16H24N4O2/c1-12(2)20-10-15(17-18-20)16(21)7-4-8-19(11-16)9-14-6-5-13(3)22-14/h5-6,10,12,21H,4,7-9,11H2,1-3H3/t16-/m0/s1. The van der Waals surface area contributed by atoms with Crippen molar-refractivity contribution < 1.29 is 9.52 Å². The van der Waals surface area contributed by atoms with Crippen LogP contribution >= 0.6 is 0 Å². The molecule has 2 aromatic heterocycles. The average molecular weight is 304 g/mol. The molecule has 0 amide bonds. The highest BCUT2D eigenvalue weighted by Gasteiger charge is 2.37. The minimum Gasteiger partial charge on any atom is -0.465 e. The summed E-state index contributed by atoms with van der Waals surface area (Å²) in [6, 6.07) is 4.22. The molecule has 22 heavy (non-hydrogen) atoms. The highest BCUT2D eigenvalue weighted by atomic mass is 16.3. The summed E-state index contributed by atoms with van der Waals surface area (Å²) in [5.74, 6) is 1.86. The zero-order valence-corrected chi connectivity index (χ0v) is 13.5. The molecule has 1 fully saturated rings. The Balaban J connectivity index is 1.72. The van der Waals surface area contributed by atoms with Crippen LogP contribution in [-0.4, -0.2) is 38.1 Å². The number of aliphatic hydroxyl groups is 1. The normalized spacial score (nSPS) is 23.3. The van der Waals surface area contributed by atoms with E-state index in [0.717, 1.165) is 30.9 Å². The van der Waals surface area contributed by atoms with E-state index in [1.165, 1.54) is 0 Å². The van der Waals surface area contributed by atoms with Crippen molar-refractivity contribution in [3.63, 3.8) is 0 Å². The zero-order valence-electron chi connectivity index (χ0n) is 13.5. The molecule has 3 rings (SSSR count). The highest BCUT2D eigenvalue weighted by molar-refractivity contribution is 5.11. The molecule has 0 spiro atoms. The molecule has 2 aromatic rings. The maximum Gasteiger partial charge on any atom is 0.123 e. The minimum absolute atomic E-state index is 0.246. The predicted octanol–water partition coefficient (Wildman–Crippen LogP) is 2.24. The maximum absolute atomic E-state index is 11.0. The first-order chi connectivity index (χ1) is 10.5. The van der Waals surface area contributed by atoms with E-state index < -0.39 is 5.60 Å². The quantitative estimate of drug-likeness (QED) is 0.938. The van der Waals surface area contributed by atoms with Crippen molar-refractivity contribution in [2.24, 2.45) is 0 Å². The molecule has 6 heteroatoms. The van der Waals surface area contributed by atoms with Crippen LogP contribution in [0.2, 0.25) is 0 Å². The van der Waals surface area contributed by atoms with E-state index in [1.807, 2.05) is 25.3 Å². The van der Waals surface area contributed by atoms with Crippen molar-refractivity contribution in [2.45, 2.75) is 51.8 Å². The van der Waals surface area contributed by atoms with E-state index in [1.54, 1.807) is 4.68 Å². The molecule has 0 radical (unpaired) electrons. The number of aromatic nitrogens is 3. The van der Waals surface area contributed by atoms with Gasteiger partial charge in [0.15, 0.2) is 0 Å². The third-order valence-electron chi connectivity index (χ3n) is 4.24. The number of hydrogen-bond donors (Lipinski definition) is 1. The number of β-amino-alcohol motifs (C(OH)–C–C–N with tert-alkyl or cyclic N) is 1. The number of furan rings is 1. The molecular weight excluding hydrogens is 280 g/mol. The third kappa shape index (κ3) is 3.08. The zero-order chi connectivity index (χ0) is 15.7. The molecule has 1 atom stereocenters. The monoisotopic (exact) mass is 304 g/mol. The van der Waals surface area contributed by atoms with Crippen LogP contribution in [0.4, 0.5) is 0 Å². The fraction of sp³-hybridized carbons (Fsp3) is 0.625. The molecule has 6 nitrogen and oxygen atoms in total. The number of aryl methyl sites for hydroxylation is 1. The SMILES string of the molecule is Cc1ccc(CN2CCC[C@@](O)(c3cn(C(C)C)nn3)C2)o1. The Labute approximate surface area is 130 Å². The van der Waals surface area contributed by atoms with E-state index in [9.17, 15) is 5.11 Å². The lowest BCUT2D eigenvalue weighted by molar-refractivity contribution is -0.0429. The van der Waals surface area contributed by atoms with Gasteiger partial charge in [-0.25, -0.2) is 4.68 Å². The van der Waals surface area contributed by atoms with Gasteiger partial charge in [-0.2, -0.15) is 0 Å². The molecule has 0 aromatic carbocycles. The summed E-state index contributed by atoms with van der Waals surface area (Å²) in [6.07, 6.45) is 3.52. The molecule has 1 saturated heterocycles. The van der Waals surface area contributed by atoms with Crippen molar-refractivity contribution in [2.75, 3.05) is 13.1 Å². The first-order valence-corrected chi connectivity index (χ1v) is 7.89. The fourth-order valence-electron chi connectivity index (χ4n) is 3.00. The molecule has 1 N–H and O–H groups in total. The fourth-order valence-corrected chi connectivity index (χ4v) is 3.00. The van der Waals surface area contributed by atoms with Gasteiger partial charge in [0.1, 0.15) is 22.8 Å². The van der Waals surface area contributed by atoms with Crippen LogP contribution < -0.4 is 0 Å². The van der Waals surface area contributed by atoms with Gasteiger partial charge in [-0.15, -0.1) is 5.10 Å². The van der Waals surface area contributed by atoms with Gasteiger partial charge in [0.2, 0.25) is 0 Å². The Bertz CT molecular complexity index is 634. The molecule has 0 aliphatic carbocycles. The number of rotatable bonds is 4. The summed E-state index contributed by atoms with van der Waals surface area (Å²) in [5, 5.41) is 19.3. The molecular formula is C16H24N4O2. The highest BCUT2D eigenvalue weighted by Crippen LogP contribution is 2.31. The van der Waals surface area contributed by atoms with Gasteiger partial charge in [-0.3, -0.25) is 4.90 Å². The van der Waals surface area contributed by atoms with Crippen LogP contribution in [-0.2, 0) is 12.1 Å². The molecule has 120 valence electrons. The van der Waals surface area contributed by atoms with Gasteiger partial charge in [0.05, 0.1) is 12.7 Å². The number of hydrogen-bond acceptors (Lipinski definition) is 5. The van der Waals surface area contributed by atoms with E-state index in [4.69, 9.17) is 4.42 Å². The summed E-state index contributed by atoms with van der Waals surface area (Å²) in [6.45, 7) is 8.28. The van der Waals surface area contributed by atoms with Gasteiger partial charge in [0.25, 0.3) is 0 Å².